The Balaban J connectivity index is 0. The van der Waals surface area contributed by atoms with Crippen LogP contribution in [0.5, 0.6) is 0 Å². The highest BCUT2D eigenvalue weighted by molar-refractivity contribution is 6.35. The van der Waals surface area contributed by atoms with Crippen molar-refractivity contribution in [2.24, 2.45) is 44.4 Å². The van der Waals surface area contributed by atoms with E-state index in [9.17, 15) is 19.2 Å². The van der Waals surface area contributed by atoms with Crippen LogP contribution in [0.1, 0.15) is 113 Å². The number of nitrogens with two attached hydrogens (primary N) is 6. The largest absolute Gasteiger partial charge is 0.480 e. The van der Waals surface area contributed by atoms with E-state index in [1.165, 1.54) is 65.1 Å². The molecule has 0 aromatic carbocycles. The Labute approximate surface area is 408 Å². The van der Waals surface area contributed by atoms with Crippen LogP contribution in [0.2, 0.25) is 0 Å². The molecule has 2 rings (SSSR count). The molecule has 0 spiro atoms. The van der Waals surface area contributed by atoms with E-state index in [4.69, 9.17) is 49.0 Å². The standard InChI is InChI=1S/C23H47N7O3.C11H22N4O4.C10H24N4.ClH/c1-5-6-7-13-29-15-17-30(18-16-29)14-9-12-27-28-19(10-8-11-26-22(24)25)20(31)21(32)33-23(2,3)4;1-11(2,3)19-10(18)15-7(8(16)17)5-4-6-14-9(12)13;11-3-1-5-13-7-9-14(10-8-13)6-2-4-12;/h19,27-28H,5-18H2,1-4H3,(H4,24,25,26);7H,4-6H2,1-3H3,(H,15,18)(H,16,17)(H4,12,13,14);1-12H2;1H/t19-;7-;;/m00../s1. The molecule has 0 saturated carbocycles. The predicted octanol–water partition coefficient (Wildman–Crippen LogP) is 0.353. The van der Waals surface area contributed by atoms with Gasteiger partial charge in [-0.25, -0.2) is 19.8 Å². The van der Waals surface area contributed by atoms with Crippen molar-refractivity contribution in [2.45, 2.75) is 136 Å². The fraction of sp³-hybridized carbons (Fsp3) is 0.864. The number of carbonyl (C=O) groups is 4. The lowest BCUT2D eigenvalue weighted by Gasteiger charge is -2.34. The minimum Gasteiger partial charge on any atom is -0.480 e. The van der Waals surface area contributed by atoms with E-state index in [1.807, 2.05) is 0 Å². The summed E-state index contributed by atoms with van der Waals surface area (Å²) < 4.78 is 10.2. The number of piperazine rings is 2. The molecule has 2 heterocycles. The number of hydrogen-bond acceptors (Lipinski definition) is 16. The summed E-state index contributed by atoms with van der Waals surface area (Å²) in [7, 11) is 0. The van der Waals surface area contributed by atoms with Crippen molar-refractivity contribution in [2.75, 3.05) is 111 Å². The zero-order chi connectivity index (χ0) is 50.0. The zero-order valence-corrected chi connectivity index (χ0v) is 43.0. The number of aliphatic imine (C=N–C) groups is 2. The molecule has 0 aliphatic carbocycles. The number of halogens is 1. The first-order valence-corrected chi connectivity index (χ1v) is 24.0. The normalized spacial score (nSPS) is 15.8. The third kappa shape index (κ3) is 38.0. The Morgan fingerprint density at radius 3 is 1.39 bits per heavy atom. The summed E-state index contributed by atoms with van der Waals surface area (Å²) in [6, 6.07) is -1.72. The van der Waals surface area contributed by atoms with Gasteiger partial charge in [0.05, 0.1) is 6.04 Å². The van der Waals surface area contributed by atoms with Gasteiger partial charge in [0.15, 0.2) is 11.9 Å². The third-order valence-electron chi connectivity index (χ3n) is 10.2. The smallest absolute Gasteiger partial charge is 0.408 e. The van der Waals surface area contributed by atoms with Crippen molar-refractivity contribution >= 4 is 48.1 Å². The van der Waals surface area contributed by atoms with Gasteiger partial charge < -0.3 is 73.9 Å². The molecule has 2 aliphatic heterocycles. The molecule has 2 atom stereocenters. The zero-order valence-electron chi connectivity index (χ0n) is 42.2. The van der Waals surface area contributed by atoms with E-state index in [0.29, 0.717) is 38.9 Å². The van der Waals surface area contributed by atoms with Crippen LogP contribution in [0.15, 0.2) is 9.98 Å². The number of nitrogens with one attached hydrogen (secondary N) is 3. The molecule has 0 aromatic heterocycles. The number of esters is 1. The maximum absolute atomic E-state index is 12.6. The first-order chi connectivity index (χ1) is 31.1. The molecule has 23 heteroatoms. The number of rotatable bonds is 28. The Morgan fingerprint density at radius 1 is 0.612 bits per heavy atom. The third-order valence-corrected chi connectivity index (χ3v) is 10.2. The number of carboxylic acids is 1. The van der Waals surface area contributed by atoms with Gasteiger partial charge in [0, 0.05) is 72.0 Å². The molecule has 67 heavy (non-hydrogen) atoms. The number of carboxylic acid groups (broad SMARTS) is 1. The number of ether oxygens (including phenoxy) is 2. The second-order valence-corrected chi connectivity index (χ2v) is 18.6. The van der Waals surface area contributed by atoms with Gasteiger partial charge in [0.25, 0.3) is 5.78 Å². The Hall–Kier alpha value is -3.61. The SMILES string of the molecule is CC(C)(C)OC(=O)N[C@@H](CCCN=C(N)N)C(=O)O.CCCCCN1CCN(CCCNN[C@@H](CCCN=C(N)N)C(=O)C(=O)OC(C)(C)C)CC1.Cl.NCCCN1CCN(CCCN)CC1. The number of hydrogen-bond donors (Lipinski definition) is 10. The van der Waals surface area contributed by atoms with Gasteiger partial charge in [0.1, 0.15) is 17.2 Å². The lowest BCUT2D eigenvalue weighted by Crippen LogP contribution is -2.50. The summed E-state index contributed by atoms with van der Waals surface area (Å²) in [4.78, 5) is 65.0. The molecular weight excluding hydrogens is 886 g/mol. The van der Waals surface area contributed by atoms with Crippen LogP contribution in [0.25, 0.3) is 0 Å². The van der Waals surface area contributed by atoms with E-state index >= 15 is 0 Å². The van der Waals surface area contributed by atoms with Crippen molar-refractivity contribution in [3.63, 3.8) is 0 Å². The molecule has 0 aromatic rings. The monoisotopic (exact) mass is 980 g/mol. The van der Waals surface area contributed by atoms with E-state index in [0.717, 1.165) is 65.1 Å². The quantitative estimate of drug-likeness (QED) is 0.0126. The summed E-state index contributed by atoms with van der Waals surface area (Å²) in [6.45, 7) is 29.4. The van der Waals surface area contributed by atoms with Crippen LogP contribution in [-0.2, 0) is 23.9 Å². The fourth-order valence-corrected chi connectivity index (χ4v) is 6.73. The van der Waals surface area contributed by atoms with Crippen molar-refractivity contribution < 1.29 is 33.8 Å². The van der Waals surface area contributed by atoms with Crippen LogP contribution < -0.4 is 50.6 Å². The lowest BCUT2D eigenvalue weighted by molar-refractivity contribution is -0.163. The lowest BCUT2D eigenvalue weighted by atomic mass is 10.1. The summed E-state index contributed by atoms with van der Waals surface area (Å²) in [5, 5.41) is 11.3. The van der Waals surface area contributed by atoms with E-state index in [-0.39, 0.29) is 30.7 Å². The number of ketones is 1. The van der Waals surface area contributed by atoms with Gasteiger partial charge >= 0.3 is 18.0 Å². The van der Waals surface area contributed by atoms with Gasteiger partial charge in [-0.2, -0.15) is 0 Å². The van der Waals surface area contributed by atoms with E-state index < -0.39 is 47.1 Å². The summed E-state index contributed by atoms with van der Waals surface area (Å²) in [5.74, 6) is -2.60. The molecule has 0 bridgehead atoms. The fourth-order valence-electron chi connectivity index (χ4n) is 6.73. The summed E-state index contributed by atoms with van der Waals surface area (Å²) in [5.41, 5.74) is 36.7. The highest BCUT2D eigenvalue weighted by Gasteiger charge is 2.30. The molecular formula is C44H94ClN15O7. The summed E-state index contributed by atoms with van der Waals surface area (Å²) in [6.07, 6.45) is 7.94. The average molecular weight is 981 g/mol. The van der Waals surface area contributed by atoms with Crippen LogP contribution in [0.4, 0.5) is 4.79 Å². The number of aliphatic carboxylic acids is 1. The number of amides is 1. The summed E-state index contributed by atoms with van der Waals surface area (Å²) >= 11 is 0. The highest BCUT2D eigenvalue weighted by atomic mass is 35.5. The second kappa shape index (κ2) is 38.3. The maximum atomic E-state index is 12.6. The van der Waals surface area contributed by atoms with Crippen LogP contribution in [-0.4, -0.2) is 195 Å². The highest BCUT2D eigenvalue weighted by Crippen LogP contribution is 2.11. The Kier molecular flexibility index (Phi) is 37.4. The molecule has 2 fully saturated rings. The van der Waals surface area contributed by atoms with Crippen molar-refractivity contribution in [1.82, 2.24) is 35.8 Å². The maximum Gasteiger partial charge on any atom is 0.408 e. The van der Waals surface area contributed by atoms with Gasteiger partial charge in [-0.05, 0) is 132 Å². The van der Waals surface area contributed by atoms with E-state index in [1.54, 1.807) is 41.5 Å². The predicted molar refractivity (Wildman–Crippen MR) is 271 cm³/mol. The van der Waals surface area contributed by atoms with Gasteiger partial charge in [-0.3, -0.25) is 20.2 Å². The molecule has 2 aliphatic rings. The number of unbranched alkanes of at least 4 members (excludes halogenated alkanes) is 2. The van der Waals surface area contributed by atoms with Gasteiger partial charge in [-0.1, -0.05) is 19.8 Å². The van der Waals surface area contributed by atoms with Crippen LogP contribution in [0.3, 0.4) is 0 Å². The molecule has 1 amide bonds. The molecule has 0 unspecified atom stereocenters. The number of guanidine groups is 2. The molecule has 22 nitrogen and oxygen atoms in total. The minimum absolute atomic E-state index is 0. The number of carbonyl (C=O) groups excluding carboxylic acids is 3. The van der Waals surface area contributed by atoms with Crippen molar-refractivity contribution in [3.05, 3.63) is 0 Å². The first-order valence-electron chi connectivity index (χ1n) is 24.0. The van der Waals surface area contributed by atoms with Gasteiger partial charge in [-0.15, -0.1) is 12.4 Å². The van der Waals surface area contributed by atoms with E-state index in [2.05, 4.69) is 52.7 Å². The minimum atomic E-state index is -1.13. The Bertz CT molecular complexity index is 1360. The topological polar surface area (TPSA) is 337 Å². The Morgan fingerprint density at radius 2 is 1.01 bits per heavy atom. The second-order valence-electron chi connectivity index (χ2n) is 18.6. The van der Waals surface area contributed by atoms with Gasteiger partial charge in [0.2, 0.25) is 0 Å². The number of Topliss-reactive ketones (excluding diaryl/α,β-unsaturated/α-hetero) is 1. The first kappa shape index (κ1) is 65.5. The molecule has 16 N–H and O–H groups in total. The molecule has 394 valence electrons. The number of alkyl carbamates (subject to hydrolysis) is 1. The van der Waals surface area contributed by atoms with Crippen LogP contribution >= 0.6 is 12.4 Å². The molecule has 2 saturated heterocycles. The number of nitrogens with zero attached hydrogens (tertiary/aromatic N) is 6. The van der Waals surface area contributed by atoms with Crippen LogP contribution in [0, 0.1) is 0 Å². The average Bonchev–Trinajstić information content (AvgIpc) is 3.23. The van der Waals surface area contributed by atoms with Crippen molar-refractivity contribution in [1.29, 1.82) is 0 Å². The number of hydrazine groups is 1. The van der Waals surface area contributed by atoms with Crippen molar-refractivity contribution in [3.8, 4) is 0 Å². The molecule has 0 radical (unpaired) electrons.